The SMILES string of the molecule is Cc1ccc(C(C)NCC2CCC(C(=O)O)O2)o1. The first-order valence-corrected chi connectivity index (χ1v) is 6.24. The van der Waals surface area contributed by atoms with E-state index in [2.05, 4.69) is 5.32 Å². The molecule has 100 valence electrons. The molecule has 1 aliphatic heterocycles. The van der Waals surface area contributed by atoms with Crippen LogP contribution in [-0.4, -0.2) is 29.8 Å². The molecule has 3 atom stereocenters. The van der Waals surface area contributed by atoms with Crippen LogP contribution < -0.4 is 5.32 Å². The molecule has 0 saturated carbocycles. The van der Waals surface area contributed by atoms with Gasteiger partial charge in [0.05, 0.1) is 12.1 Å². The second-order valence-electron chi connectivity index (χ2n) is 4.74. The molecule has 1 aromatic rings. The Hall–Kier alpha value is -1.33. The molecule has 0 bridgehead atoms. The summed E-state index contributed by atoms with van der Waals surface area (Å²) in [5, 5.41) is 12.1. The van der Waals surface area contributed by atoms with E-state index in [0.29, 0.717) is 13.0 Å². The molecular weight excluding hydrogens is 234 g/mol. The Morgan fingerprint density at radius 1 is 1.56 bits per heavy atom. The zero-order chi connectivity index (χ0) is 13.1. The van der Waals surface area contributed by atoms with Gasteiger partial charge in [-0.1, -0.05) is 0 Å². The number of aliphatic carboxylic acids is 1. The van der Waals surface area contributed by atoms with Crippen molar-refractivity contribution in [2.24, 2.45) is 0 Å². The standard InChI is InChI=1S/C13H19NO4/c1-8-3-5-11(17-8)9(2)14-7-10-4-6-12(18-10)13(15)16/h3,5,9-10,12,14H,4,6-7H2,1-2H3,(H,15,16). The number of hydrogen-bond acceptors (Lipinski definition) is 4. The van der Waals surface area contributed by atoms with Gasteiger partial charge in [-0.3, -0.25) is 0 Å². The fraction of sp³-hybridized carbons (Fsp3) is 0.615. The minimum absolute atomic E-state index is 0.0235. The molecule has 2 N–H and O–H groups in total. The third-order valence-electron chi connectivity index (χ3n) is 3.22. The Bertz CT molecular complexity index is 415. The van der Waals surface area contributed by atoms with Crippen molar-refractivity contribution in [3.63, 3.8) is 0 Å². The van der Waals surface area contributed by atoms with Crippen molar-refractivity contribution in [1.29, 1.82) is 0 Å². The first-order chi connectivity index (χ1) is 8.56. The lowest BCUT2D eigenvalue weighted by Crippen LogP contribution is -2.30. The van der Waals surface area contributed by atoms with Crippen molar-refractivity contribution in [3.8, 4) is 0 Å². The van der Waals surface area contributed by atoms with E-state index in [0.717, 1.165) is 17.9 Å². The predicted octanol–water partition coefficient (Wildman–Crippen LogP) is 1.87. The summed E-state index contributed by atoms with van der Waals surface area (Å²) in [7, 11) is 0. The molecule has 2 heterocycles. The van der Waals surface area contributed by atoms with Gasteiger partial charge in [0, 0.05) is 6.54 Å². The molecule has 5 nitrogen and oxygen atoms in total. The number of carboxylic acid groups (broad SMARTS) is 1. The third kappa shape index (κ3) is 3.11. The normalized spacial score (nSPS) is 25.2. The Labute approximate surface area is 106 Å². The Morgan fingerprint density at radius 3 is 2.89 bits per heavy atom. The van der Waals surface area contributed by atoms with Gasteiger partial charge in [-0.25, -0.2) is 4.79 Å². The maximum atomic E-state index is 10.7. The largest absolute Gasteiger partial charge is 0.479 e. The number of nitrogens with one attached hydrogen (secondary N) is 1. The van der Waals surface area contributed by atoms with Gasteiger partial charge < -0.3 is 19.6 Å². The van der Waals surface area contributed by atoms with Gasteiger partial charge in [0.15, 0.2) is 6.10 Å². The molecule has 2 rings (SSSR count). The highest BCUT2D eigenvalue weighted by atomic mass is 16.5. The summed E-state index contributed by atoms with van der Waals surface area (Å²) >= 11 is 0. The molecule has 1 aromatic heterocycles. The van der Waals surface area contributed by atoms with Crippen LogP contribution in [0.15, 0.2) is 16.5 Å². The lowest BCUT2D eigenvalue weighted by atomic mass is 10.2. The minimum Gasteiger partial charge on any atom is -0.479 e. The molecule has 0 amide bonds. The summed E-state index contributed by atoms with van der Waals surface area (Å²) in [6.07, 6.45) is 0.714. The highest BCUT2D eigenvalue weighted by molar-refractivity contribution is 5.72. The van der Waals surface area contributed by atoms with Crippen LogP contribution in [0.2, 0.25) is 0 Å². The molecule has 3 unspecified atom stereocenters. The van der Waals surface area contributed by atoms with Crippen LogP contribution in [0.4, 0.5) is 0 Å². The maximum Gasteiger partial charge on any atom is 0.332 e. The zero-order valence-corrected chi connectivity index (χ0v) is 10.7. The quantitative estimate of drug-likeness (QED) is 0.838. The summed E-state index contributed by atoms with van der Waals surface area (Å²) in [5.74, 6) is 0.911. The molecule has 1 aliphatic rings. The van der Waals surface area contributed by atoms with Crippen LogP contribution in [0, 0.1) is 6.92 Å². The molecule has 5 heteroatoms. The molecule has 0 spiro atoms. The highest BCUT2D eigenvalue weighted by Gasteiger charge is 2.30. The Morgan fingerprint density at radius 2 is 2.33 bits per heavy atom. The number of furan rings is 1. The molecule has 18 heavy (non-hydrogen) atoms. The Balaban J connectivity index is 1.77. The molecule has 1 fully saturated rings. The van der Waals surface area contributed by atoms with Crippen molar-refractivity contribution in [2.75, 3.05) is 6.54 Å². The summed E-state index contributed by atoms with van der Waals surface area (Å²) in [5.41, 5.74) is 0. The number of ether oxygens (including phenoxy) is 1. The summed E-state index contributed by atoms with van der Waals surface area (Å²) in [6, 6.07) is 3.98. The lowest BCUT2D eigenvalue weighted by molar-refractivity contribution is -0.149. The second-order valence-corrected chi connectivity index (χ2v) is 4.74. The van der Waals surface area contributed by atoms with Crippen molar-refractivity contribution in [1.82, 2.24) is 5.32 Å². The van der Waals surface area contributed by atoms with E-state index in [1.54, 1.807) is 0 Å². The smallest absolute Gasteiger partial charge is 0.332 e. The van der Waals surface area contributed by atoms with Crippen LogP contribution in [-0.2, 0) is 9.53 Å². The highest BCUT2D eigenvalue weighted by Crippen LogP contribution is 2.21. The summed E-state index contributed by atoms with van der Waals surface area (Å²) < 4.78 is 10.9. The molecule has 0 aliphatic carbocycles. The summed E-state index contributed by atoms with van der Waals surface area (Å²) in [6.45, 7) is 4.57. The van der Waals surface area contributed by atoms with Gasteiger partial charge in [0.2, 0.25) is 0 Å². The summed E-state index contributed by atoms with van der Waals surface area (Å²) in [4.78, 5) is 10.7. The molecular formula is C13H19NO4. The van der Waals surface area contributed by atoms with E-state index < -0.39 is 12.1 Å². The topological polar surface area (TPSA) is 71.7 Å². The number of hydrogen-bond donors (Lipinski definition) is 2. The number of carboxylic acids is 1. The van der Waals surface area contributed by atoms with Gasteiger partial charge in [0.1, 0.15) is 11.5 Å². The average molecular weight is 253 g/mol. The number of carbonyl (C=O) groups is 1. The van der Waals surface area contributed by atoms with E-state index in [9.17, 15) is 4.79 Å². The monoisotopic (exact) mass is 253 g/mol. The van der Waals surface area contributed by atoms with E-state index in [1.165, 1.54) is 0 Å². The minimum atomic E-state index is -0.868. The van der Waals surface area contributed by atoms with Crippen molar-refractivity contribution >= 4 is 5.97 Å². The van der Waals surface area contributed by atoms with E-state index in [-0.39, 0.29) is 12.1 Å². The van der Waals surface area contributed by atoms with Gasteiger partial charge >= 0.3 is 5.97 Å². The Kier molecular flexibility index (Phi) is 4.04. The molecule has 1 saturated heterocycles. The van der Waals surface area contributed by atoms with Crippen LogP contribution >= 0.6 is 0 Å². The van der Waals surface area contributed by atoms with E-state index >= 15 is 0 Å². The maximum absolute atomic E-state index is 10.7. The number of rotatable bonds is 5. The zero-order valence-electron chi connectivity index (χ0n) is 10.7. The average Bonchev–Trinajstić information content (AvgIpc) is 2.94. The van der Waals surface area contributed by atoms with Crippen molar-refractivity contribution in [3.05, 3.63) is 23.7 Å². The first kappa shape index (κ1) is 13.1. The van der Waals surface area contributed by atoms with Crippen LogP contribution in [0.5, 0.6) is 0 Å². The van der Waals surface area contributed by atoms with Crippen molar-refractivity contribution < 1.29 is 19.1 Å². The third-order valence-corrected chi connectivity index (χ3v) is 3.22. The van der Waals surface area contributed by atoms with Gasteiger partial charge in [-0.15, -0.1) is 0 Å². The van der Waals surface area contributed by atoms with E-state index in [4.69, 9.17) is 14.3 Å². The van der Waals surface area contributed by atoms with Crippen LogP contribution in [0.1, 0.15) is 37.3 Å². The van der Waals surface area contributed by atoms with Gasteiger partial charge in [0.25, 0.3) is 0 Å². The molecule has 0 radical (unpaired) electrons. The van der Waals surface area contributed by atoms with Crippen LogP contribution in [0.25, 0.3) is 0 Å². The van der Waals surface area contributed by atoms with Crippen molar-refractivity contribution in [2.45, 2.75) is 44.9 Å². The second kappa shape index (κ2) is 5.54. The first-order valence-electron chi connectivity index (χ1n) is 6.24. The van der Waals surface area contributed by atoms with Gasteiger partial charge in [-0.2, -0.15) is 0 Å². The van der Waals surface area contributed by atoms with Gasteiger partial charge in [-0.05, 0) is 38.8 Å². The lowest BCUT2D eigenvalue weighted by Gasteiger charge is -2.16. The fourth-order valence-electron chi connectivity index (χ4n) is 2.13. The molecule has 0 aromatic carbocycles. The number of aryl methyl sites for hydroxylation is 1. The van der Waals surface area contributed by atoms with Crippen LogP contribution in [0.3, 0.4) is 0 Å². The fourth-order valence-corrected chi connectivity index (χ4v) is 2.13. The van der Waals surface area contributed by atoms with E-state index in [1.807, 2.05) is 26.0 Å². The predicted molar refractivity (Wildman–Crippen MR) is 65.4 cm³/mol.